The molecule has 7 heteroatoms. The molecule has 0 saturated carbocycles. The van der Waals surface area contributed by atoms with Crippen LogP contribution in [-0.2, 0) is 16.0 Å². The van der Waals surface area contributed by atoms with Crippen molar-refractivity contribution in [2.75, 3.05) is 7.11 Å². The van der Waals surface area contributed by atoms with E-state index in [0.717, 1.165) is 0 Å². The molecule has 0 fully saturated rings. The molecule has 0 radical (unpaired) electrons. The number of esters is 1. The van der Waals surface area contributed by atoms with Gasteiger partial charge in [0.15, 0.2) is 5.78 Å². The molecule has 29 heavy (non-hydrogen) atoms. The van der Waals surface area contributed by atoms with Crippen LogP contribution in [0.25, 0.3) is 0 Å². The minimum absolute atomic E-state index is 0.0260. The van der Waals surface area contributed by atoms with E-state index < -0.39 is 34.8 Å². The first-order chi connectivity index (χ1) is 13.7. The summed E-state index contributed by atoms with van der Waals surface area (Å²) >= 11 is 0. The van der Waals surface area contributed by atoms with Gasteiger partial charge in [-0.15, -0.1) is 0 Å². The van der Waals surface area contributed by atoms with Gasteiger partial charge < -0.3 is 20.1 Å². The monoisotopic (exact) mass is 396 g/mol. The van der Waals surface area contributed by atoms with Crippen molar-refractivity contribution < 1.29 is 34.4 Å². The largest absolute Gasteiger partial charge is 0.507 e. The van der Waals surface area contributed by atoms with E-state index in [-0.39, 0.29) is 52.8 Å². The predicted octanol–water partition coefficient (Wildman–Crippen LogP) is 2.22. The van der Waals surface area contributed by atoms with Crippen LogP contribution in [0.1, 0.15) is 68.7 Å². The molecule has 0 heterocycles. The van der Waals surface area contributed by atoms with Gasteiger partial charge in [-0.25, -0.2) is 0 Å². The minimum atomic E-state index is -1.39. The van der Waals surface area contributed by atoms with Gasteiger partial charge in [-0.05, 0) is 42.5 Å². The number of fused-ring (bicyclic) bond motifs is 3. The van der Waals surface area contributed by atoms with E-state index in [1.54, 1.807) is 6.92 Å². The number of rotatable bonds is 2. The molecular weight excluding hydrogens is 376 g/mol. The Kier molecular flexibility index (Phi) is 4.24. The van der Waals surface area contributed by atoms with Crippen molar-refractivity contribution in [3.8, 4) is 11.5 Å². The zero-order valence-electron chi connectivity index (χ0n) is 16.0. The molecule has 0 saturated heterocycles. The Morgan fingerprint density at radius 1 is 1.17 bits per heavy atom. The highest BCUT2D eigenvalue weighted by molar-refractivity contribution is 6.30. The summed E-state index contributed by atoms with van der Waals surface area (Å²) in [6.45, 7) is 1.74. The molecule has 2 atom stereocenters. The zero-order chi connectivity index (χ0) is 21.1. The van der Waals surface area contributed by atoms with E-state index in [4.69, 9.17) is 4.74 Å². The van der Waals surface area contributed by atoms with Crippen LogP contribution in [0, 0.1) is 0 Å². The van der Waals surface area contributed by atoms with Gasteiger partial charge >= 0.3 is 5.97 Å². The first kappa shape index (κ1) is 19.1. The van der Waals surface area contributed by atoms with Crippen molar-refractivity contribution in [1.82, 2.24) is 0 Å². The number of aliphatic hydroxyl groups is 1. The van der Waals surface area contributed by atoms with E-state index in [9.17, 15) is 29.7 Å². The van der Waals surface area contributed by atoms with Crippen LogP contribution in [0.4, 0.5) is 0 Å². The first-order valence-electron chi connectivity index (χ1n) is 9.35. The third-order valence-corrected chi connectivity index (χ3v) is 6.13. The lowest BCUT2D eigenvalue weighted by Gasteiger charge is -2.40. The van der Waals surface area contributed by atoms with Crippen LogP contribution < -0.4 is 0 Å². The Hall–Kier alpha value is -3.19. The third kappa shape index (κ3) is 2.50. The quantitative estimate of drug-likeness (QED) is 0.568. The van der Waals surface area contributed by atoms with Crippen molar-refractivity contribution >= 4 is 17.5 Å². The summed E-state index contributed by atoms with van der Waals surface area (Å²) in [5, 5.41) is 32.0. The highest BCUT2D eigenvalue weighted by Gasteiger charge is 2.48. The Morgan fingerprint density at radius 2 is 1.90 bits per heavy atom. The van der Waals surface area contributed by atoms with Gasteiger partial charge in [-0.1, -0.05) is 19.1 Å². The molecule has 2 aliphatic carbocycles. The fourth-order valence-electron chi connectivity index (χ4n) is 4.52. The molecule has 150 valence electrons. The van der Waals surface area contributed by atoms with E-state index in [1.165, 1.54) is 31.4 Å². The second kappa shape index (κ2) is 6.42. The number of phenols is 2. The standard InChI is InChI=1S/C22H20O7/c1-3-22(28)8-7-10-12(17(22)21(27)29-2)9-13-16(19(10)25)20(26)15-11(18(13)24)5-4-6-14(15)23/h4-6,9,17,23,25,28H,3,7-8H2,1-2H3/t17-,22-/m1/s1. The molecule has 4 rings (SSSR count). The second-order valence-corrected chi connectivity index (χ2v) is 7.49. The van der Waals surface area contributed by atoms with Crippen LogP contribution in [-0.4, -0.2) is 45.6 Å². The molecule has 2 aliphatic rings. The summed E-state index contributed by atoms with van der Waals surface area (Å²) in [5.74, 6) is -3.70. The van der Waals surface area contributed by atoms with E-state index in [2.05, 4.69) is 0 Å². The summed E-state index contributed by atoms with van der Waals surface area (Å²) in [7, 11) is 1.21. The number of hydrogen-bond donors (Lipinski definition) is 3. The molecule has 7 nitrogen and oxygen atoms in total. The summed E-state index contributed by atoms with van der Waals surface area (Å²) in [6, 6.07) is 5.59. The fourth-order valence-corrected chi connectivity index (χ4v) is 4.52. The summed E-state index contributed by atoms with van der Waals surface area (Å²) in [4.78, 5) is 38.6. The van der Waals surface area contributed by atoms with Gasteiger partial charge in [0.25, 0.3) is 0 Å². The maximum absolute atomic E-state index is 13.1. The lowest BCUT2D eigenvalue weighted by molar-refractivity contribution is -0.151. The highest BCUT2D eigenvalue weighted by Crippen LogP contribution is 2.48. The number of benzene rings is 2. The number of hydrogen-bond acceptors (Lipinski definition) is 7. The van der Waals surface area contributed by atoms with Crippen molar-refractivity contribution in [2.24, 2.45) is 0 Å². The smallest absolute Gasteiger partial charge is 0.316 e. The Balaban J connectivity index is 2.01. The van der Waals surface area contributed by atoms with Crippen LogP contribution in [0.2, 0.25) is 0 Å². The van der Waals surface area contributed by atoms with Crippen molar-refractivity contribution in [3.63, 3.8) is 0 Å². The van der Waals surface area contributed by atoms with Crippen LogP contribution in [0.3, 0.4) is 0 Å². The number of carbonyl (C=O) groups is 3. The van der Waals surface area contributed by atoms with Crippen LogP contribution >= 0.6 is 0 Å². The van der Waals surface area contributed by atoms with Gasteiger partial charge in [0.1, 0.15) is 17.4 Å². The molecule has 0 amide bonds. The third-order valence-electron chi connectivity index (χ3n) is 6.13. The normalized spacial score (nSPS) is 22.5. The lowest BCUT2D eigenvalue weighted by Crippen LogP contribution is -2.44. The summed E-state index contributed by atoms with van der Waals surface area (Å²) in [6.07, 6.45) is 0.682. The van der Waals surface area contributed by atoms with Crippen molar-refractivity contribution in [2.45, 2.75) is 37.7 Å². The van der Waals surface area contributed by atoms with E-state index in [1.807, 2.05) is 0 Å². The second-order valence-electron chi connectivity index (χ2n) is 7.49. The molecule has 0 aliphatic heterocycles. The Morgan fingerprint density at radius 3 is 2.55 bits per heavy atom. The molecular formula is C22H20O7. The minimum Gasteiger partial charge on any atom is -0.507 e. The number of methoxy groups -OCH3 is 1. The Bertz CT molecular complexity index is 1090. The number of aromatic hydroxyl groups is 2. The van der Waals surface area contributed by atoms with Crippen molar-refractivity contribution in [3.05, 3.63) is 57.6 Å². The fraction of sp³-hybridized carbons (Fsp3) is 0.318. The van der Waals surface area contributed by atoms with Crippen LogP contribution in [0.15, 0.2) is 24.3 Å². The molecule has 2 aromatic rings. The topological polar surface area (TPSA) is 121 Å². The van der Waals surface area contributed by atoms with Gasteiger partial charge in [-0.2, -0.15) is 0 Å². The molecule has 0 spiro atoms. The average molecular weight is 396 g/mol. The molecule has 0 unspecified atom stereocenters. The molecule has 0 aromatic heterocycles. The maximum Gasteiger partial charge on any atom is 0.316 e. The molecule has 2 aromatic carbocycles. The van der Waals surface area contributed by atoms with Gasteiger partial charge in [-0.3, -0.25) is 14.4 Å². The summed E-state index contributed by atoms with van der Waals surface area (Å²) in [5.41, 5.74) is -1.14. The van der Waals surface area contributed by atoms with Gasteiger partial charge in [0.2, 0.25) is 5.78 Å². The molecule has 3 N–H and O–H groups in total. The predicted molar refractivity (Wildman–Crippen MR) is 101 cm³/mol. The van der Waals surface area contributed by atoms with E-state index >= 15 is 0 Å². The number of ketones is 2. The Labute approximate surface area is 166 Å². The summed E-state index contributed by atoms with van der Waals surface area (Å²) < 4.78 is 4.88. The van der Waals surface area contributed by atoms with Crippen LogP contribution in [0.5, 0.6) is 11.5 Å². The van der Waals surface area contributed by atoms with Crippen molar-refractivity contribution in [1.29, 1.82) is 0 Å². The SMILES string of the molecule is CC[C@@]1(O)CCc2c(cc3c(c2O)C(=O)c2c(O)cccc2C3=O)[C@@H]1C(=O)OC. The molecule has 0 bridgehead atoms. The average Bonchev–Trinajstić information content (AvgIpc) is 2.71. The number of phenolic OH excluding ortho intramolecular Hbond substituents is 2. The van der Waals surface area contributed by atoms with E-state index in [0.29, 0.717) is 5.56 Å². The maximum atomic E-state index is 13.1. The number of ether oxygens (including phenoxy) is 1. The highest BCUT2D eigenvalue weighted by atomic mass is 16.5. The van der Waals surface area contributed by atoms with Gasteiger partial charge in [0.05, 0.1) is 23.8 Å². The van der Waals surface area contributed by atoms with Gasteiger partial charge in [0, 0.05) is 11.1 Å². The lowest BCUT2D eigenvalue weighted by atomic mass is 9.68. The number of carbonyl (C=O) groups excluding carboxylic acids is 3. The zero-order valence-corrected chi connectivity index (χ0v) is 16.0. The first-order valence-corrected chi connectivity index (χ1v) is 9.35.